The smallest absolute Gasteiger partial charge is 0.248 e. The van der Waals surface area contributed by atoms with Gasteiger partial charge >= 0.3 is 0 Å². The molecular formula is C26H25N5O4. The zero-order valence-electron chi connectivity index (χ0n) is 19.4. The predicted molar refractivity (Wildman–Crippen MR) is 130 cm³/mol. The standard InChI is InChI=1S/C26H25N5O4/c1-16(2)17-6-8-18(9-7-17)26-30-24(35-31-26)13-11-22(32)29-20-10-12-23(28-15-20)34-21-5-3-4-19(14-21)25(27)33/h3-10,12,14-16H,11,13H2,1-2H3,(H2,27,33)(H,29,32). The molecule has 0 aliphatic heterocycles. The Labute approximate surface area is 202 Å². The van der Waals surface area contributed by atoms with Crippen LogP contribution in [-0.4, -0.2) is 26.9 Å². The number of ether oxygens (including phenoxy) is 1. The van der Waals surface area contributed by atoms with E-state index in [9.17, 15) is 9.59 Å². The van der Waals surface area contributed by atoms with Gasteiger partial charge in [-0.2, -0.15) is 4.98 Å². The van der Waals surface area contributed by atoms with Crippen molar-refractivity contribution in [3.8, 4) is 23.0 Å². The van der Waals surface area contributed by atoms with E-state index in [0.717, 1.165) is 5.56 Å². The summed E-state index contributed by atoms with van der Waals surface area (Å²) in [5.74, 6) is 1.32. The van der Waals surface area contributed by atoms with Gasteiger partial charge < -0.3 is 20.3 Å². The Morgan fingerprint density at radius 3 is 2.57 bits per heavy atom. The van der Waals surface area contributed by atoms with Crippen molar-refractivity contribution >= 4 is 17.5 Å². The van der Waals surface area contributed by atoms with Gasteiger partial charge in [0.05, 0.1) is 11.9 Å². The van der Waals surface area contributed by atoms with Gasteiger partial charge in [0.1, 0.15) is 5.75 Å². The molecule has 9 nitrogen and oxygen atoms in total. The number of nitrogens with zero attached hydrogens (tertiary/aromatic N) is 3. The Hall–Kier alpha value is -4.53. The van der Waals surface area contributed by atoms with E-state index in [0.29, 0.717) is 46.9 Å². The number of rotatable bonds is 9. The number of amides is 2. The van der Waals surface area contributed by atoms with Crippen LogP contribution in [0.15, 0.2) is 71.4 Å². The lowest BCUT2D eigenvalue weighted by Crippen LogP contribution is -2.12. The SMILES string of the molecule is CC(C)c1ccc(-c2noc(CCC(=O)Nc3ccc(Oc4cccc(C(N)=O)c4)nc3)n2)cc1. The number of primary amides is 1. The minimum absolute atomic E-state index is 0.173. The van der Waals surface area contributed by atoms with Crippen LogP contribution in [0.4, 0.5) is 5.69 Å². The van der Waals surface area contributed by atoms with Gasteiger partial charge in [0.15, 0.2) is 0 Å². The van der Waals surface area contributed by atoms with Crippen LogP contribution < -0.4 is 15.8 Å². The topological polar surface area (TPSA) is 133 Å². The number of hydrogen-bond donors (Lipinski definition) is 2. The summed E-state index contributed by atoms with van der Waals surface area (Å²) in [5.41, 5.74) is 8.24. The molecular weight excluding hydrogens is 446 g/mol. The van der Waals surface area contributed by atoms with Crippen molar-refractivity contribution in [1.29, 1.82) is 0 Å². The van der Waals surface area contributed by atoms with Crippen LogP contribution in [0.1, 0.15) is 48.0 Å². The summed E-state index contributed by atoms with van der Waals surface area (Å²) in [6.07, 6.45) is 1.97. The zero-order chi connectivity index (χ0) is 24.8. The Morgan fingerprint density at radius 2 is 1.89 bits per heavy atom. The molecule has 2 amide bonds. The molecule has 0 spiro atoms. The van der Waals surface area contributed by atoms with E-state index in [4.69, 9.17) is 15.0 Å². The predicted octanol–water partition coefficient (Wildman–Crippen LogP) is 4.72. The van der Waals surface area contributed by atoms with Gasteiger partial charge in [-0.25, -0.2) is 4.98 Å². The number of aryl methyl sites for hydroxylation is 1. The van der Waals surface area contributed by atoms with E-state index in [1.807, 2.05) is 24.3 Å². The quantitative estimate of drug-likeness (QED) is 0.361. The second-order valence-electron chi connectivity index (χ2n) is 8.22. The summed E-state index contributed by atoms with van der Waals surface area (Å²) in [6.45, 7) is 4.27. The maximum absolute atomic E-state index is 12.3. The Morgan fingerprint density at radius 1 is 1.09 bits per heavy atom. The van der Waals surface area contributed by atoms with E-state index in [1.54, 1.807) is 30.3 Å². The second-order valence-corrected chi connectivity index (χ2v) is 8.22. The molecule has 0 unspecified atom stereocenters. The van der Waals surface area contributed by atoms with Crippen molar-refractivity contribution in [2.24, 2.45) is 5.73 Å². The summed E-state index contributed by atoms with van der Waals surface area (Å²) in [4.78, 5) is 32.2. The molecule has 0 aliphatic rings. The number of nitrogens with two attached hydrogens (primary N) is 1. The van der Waals surface area contributed by atoms with Crippen molar-refractivity contribution in [3.63, 3.8) is 0 Å². The molecule has 0 saturated carbocycles. The van der Waals surface area contributed by atoms with Gasteiger partial charge in [-0.1, -0.05) is 49.3 Å². The normalized spacial score (nSPS) is 10.8. The number of carbonyl (C=O) groups excluding carboxylic acids is 2. The lowest BCUT2D eigenvalue weighted by Gasteiger charge is -2.07. The van der Waals surface area contributed by atoms with Crippen LogP contribution in [0, 0.1) is 0 Å². The lowest BCUT2D eigenvalue weighted by atomic mass is 10.0. The molecule has 3 N–H and O–H groups in total. The van der Waals surface area contributed by atoms with Crippen molar-refractivity contribution in [2.45, 2.75) is 32.6 Å². The van der Waals surface area contributed by atoms with Crippen molar-refractivity contribution in [2.75, 3.05) is 5.32 Å². The fraction of sp³-hybridized carbons (Fsp3) is 0.192. The number of carbonyl (C=O) groups is 2. The molecule has 0 bridgehead atoms. The molecule has 178 valence electrons. The first-order valence-electron chi connectivity index (χ1n) is 11.1. The maximum atomic E-state index is 12.3. The molecule has 2 heterocycles. The Bertz CT molecular complexity index is 1310. The van der Waals surface area contributed by atoms with Gasteiger partial charge in [0.25, 0.3) is 0 Å². The molecule has 0 fully saturated rings. The van der Waals surface area contributed by atoms with Gasteiger partial charge in [-0.05, 0) is 35.7 Å². The number of hydrogen-bond acceptors (Lipinski definition) is 7. The highest BCUT2D eigenvalue weighted by Gasteiger charge is 2.12. The van der Waals surface area contributed by atoms with Crippen molar-refractivity contribution in [3.05, 3.63) is 83.9 Å². The fourth-order valence-corrected chi connectivity index (χ4v) is 3.28. The molecule has 0 saturated heterocycles. The van der Waals surface area contributed by atoms with Gasteiger partial charge in [-0.3, -0.25) is 9.59 Å². The monoisotopic (exact) mass is 471 g/mol. The van der Waals surface area contributed by atoms with E-state index in [1.165, 1.54) is 17.8 Å². The minimum Gasteiger partial charge on any atom is -0.439 e. The van der Waals surface area contributed by atoms with Gasteiger partial charge in [0.2, 0.25) is 29.4 Å². The summed E-state index contributed by atoms with van der Waals surface area (Å²) >= 11 is 0. The third kappa shape index (κ3) is 6.29. The first-order chi connectivity index (χ1) is 16.9. The van der Waals surface area contributed by atoms with Crippen LogP contribution in [0.5, 0.6) is 11.6 Å². The second kappa shape index (κ2) is 10.6. The van der Waals surface area contributed by atoms with Crippen LogP contribution >= 0.6 is 0 Å². The highest BCUT2D eigenvalue weighted by atomic mass is 16.5. The van der Waals surface area contributed by atoms with E-state index < -0.39 is 5.91 Å². The molecule has 2 aromatic heterocycles. The molecule has 9 heteroatoms. The summed E-state index contributed by atoms with van der Waals surface area (Å²) in [7, 11) is 0. The average molecular weight is 472 g/mol. The molecule has 4 aromatic rings. The van der Waals surface area contributed by atoms with Crippen LogP contribution in [-0.2, 0) is 11.2 Å². The molecule has 35 heavy (non-hydrogen) atoms. The first-order valence-corrected chi connectivity index (χ1v) is 11.1. The van der Waals surface area contributed by atoms with Crippen molar-refractivity contribution < 1.29 is 18.8 Å². The number of nitrogens with one attached hydrogen (secondary N) is 1. The number of benzene rings is 2. The minimum atomic E-state index is -0.543. The van der Waals surface area contributed by atoms with E-state index >= 15 is 0 Å². The van der Waals surface area contributed by atoms with Gasteiger partial charge in [-0.15, -0.1) is 0 Å². The van der Waals surface area contributed by atoms with Crippen LogP contribution in [0.25, 0.3) is 11.4 Å². The molecule has 4 rings (SSSR count). The molecule has 0 radical (unpaired) electrons. The average Bonchev–Trinajstić information content (AvgIpc) is 3.33. The summed E-state index contributed by atoms with van der Waals surface area (Å²) in [5, 5.41) is 6.79. The van der Waals surface area contributed by atoms with E-state index in [-0.39, 0.29) is 12.3 Å². The van der Waals surface area contributed by atoms with Crippen LogP contribution in [0.3, 0.4) is 0 Å². The fourth-order valence-electron chi connectivity index (χ4n) is 3.28. The zero-order valence-corrected chi connectivity index (χ0v) is 19.4. The molecule has 0 atom stereocenters. The number of aromatic nitrogens is 3. The van der Waals surface area contributed by atoms with Gasteiger partial charge in [0, 0.05) is 30.0 Å². The highest BCUT2D eigenvalue weighted by Crippen LogP contribution is 2.22. The number of anilines is 1. The highest BCUT2D eigenvalue weighted by molar-refractivity contribution is 5.93. The van der Waals surface area contributed by atoms with Crippen LogP contribution in [0.2, 0.25) is 0 Å². The van der Waals surface area contributed by atoms with Crippen molar-refractivity contribution in [1.82, 2.24) is 15.1 Å². The molecule has 2 aromatic carbocycles. The summed E-state index contributed by atoms with van der Waals surface area (Å²) < 4.78 is 10.9. The molecule has 0 aliphatic carbocycles. The lowest BCUT2D eigenvalue weighted by molar-refractivity contribution is -0.116. The third-order valence-corrected chi connectivity index (χ3v) is 5.23. The first kappa shape index (κ1) is 23.6. The number of pyridine rings is 1. The van der Waals surface area contributed by atoms with E-state index in [2.05, 4.69) is 34.3 Å². The third-order valence-electron chi connectivity index (χ3n) is 5.23. The Balaban J connectivity index is 1.28. The largest absolute Gasteiger partial charge is 0.439 e. The summed E-state index contributed by atoms with van der Waals surface area (Å²) in [6, 6.07) is 17.8. The Kier molecular flexibility index (Phi) is 7.15. The maximum Gasteiger partial charge on any atom is 0.248 e.